The topological polar surface area (TPSA) is 84.2 Å². The zero-order valence-electron chi connectivity index (χ0n) is 14.7. The fraction of sp³-hybridized carbons (Fsp3) is 0.250. The second kappa shape index (κ2) is 6.50. The molecule has 4 rings (SSSR count). The van der Waals surface area contributed by atoms with Gasteiger partial charge in [0.2, 0.25) is 0 Å². The van der Waals surface area contributed by atoms with E-state index in [2.05, 4.69) is 10.3 Å². The van der Waals surface area contributed by atoms with Crippen LogP contribution in [-0.4, -0.2) is 20.6 Å². The molecule has 1 amide bonds. The number of pyridine rings is 2. The van der Waals surface area contributed by atoms with Crippen molar-refractivity contribution in [2.45, 2.75) is 32.4 Å². The number of benzene rings is 1. The molecule has 27 heavy (non-hydrogen) atoms. The minimum absolute atomic E-state index is 0.150. The lowest BCUT2D eigenvalue weighted by Crippen LogP contribution is -2.36. The summed E-state index contributed by atoms with van der Waals surface area (Å²) in [5, 5.41) is 13.4. The standard InChI is InChI=1S/C20H18FN3O3/c1-11-4-5-13-7-14(21)8-15-17(13)24(11)20(27)16(18(15)25)19(26)23-10-12-3-2-6-22-9-12/h2-3,6-9,11,25H,4-5,10H2,1H3,(H,23,26)/t11-/m1/s1. The number of carbonyl (C=O) groups is 1. The summed E-state index contributed by atoms with van der Waals surface area (Å²) in [5.41, 5.74) is 0.994. The highest BCUT2D eigenvalue weighted by molar-refractivity contribution is 6.03. The van der Waals surface area contributed by atoms with Gasteiger partial charge in [-0.3, -0.25) is 14.6 Å². The number of hydrogen-bond acceptors (Lipinski definition) is 4. The van der Waals surface area contributed by atoms with E-state index in [4.69, 9.17) is 0 Å². The third-order valence-corrected chi connectivity index (χ3v) is 4.99. The number of carbonyl (C=O) groups excluding carboxylic acids is 1. The van der Waals surface area contributed by atoms with Crippen molar-refractivity contribution in [2.24, 2.45) is 0 Å². The molecule has 2 aromatic heterocycles. The lowest BCUT2D eigenvalue weighted by molar-refractivity contribution is 0.0946. The second-order valence-corrected chi connectivity index (χ2v) is 6.79. The Labute approximate surface area is 154 Å². The average Bonchev–Trinajstić information content (AvgIpc) is 2.66. The summed E-state index contributed by atoms with van der Waals surface area (Å²) in [5.74, 6) is -1.69. The van der Waals surface area contributed by atoms with Crippen molar-refractivity contribution in [3.8, 4) is 5.75 Å². The molecule has 3 heterocycles. The second-order valence-electron chi connectivity index (χ2n) is 6.79. The lowest BCUT2D eigenvalue weighted by Gasteiger charge is -2.26. The van der Waals surface area contributed by atoms with Crippen LogP contribution in [0.4, 0.5) is 4.39 Å². The number of aromatic nitrogens is 2. The highest BCUT2D eigenvalue weighted by Crippen LogP contribution is 2.35. The van der Waals surface area contributed by atoms with Crippen LogP contribution >= 0.6 is 0 Å². The van der Waals surface area contributed by atoms with Crippen molar-refractivity contribution in [1.82, 2.24) is 14.9 Å². The fourth-order valence-corrected chi connectivity index (χ4v) is 3.66. The fourth-order valence-electron chi connectivity index (χ4n) is 3.66. The third kappa shape index (κ3) is 2.85. The minimum atomic E-state index is -0.699. The van der Waals surface area contributed by atoms with Crippen molar-refractivity contribution >= 4 is 16.8 Å². The molecular formula is C20H18FN3O3. The molecule has 138 valence electrons. The van der Waals surface area contributed by atoms with Gasteiger partial charge < -0.3 is 15.0 Å². The first-order valence-corrected chi connectivity index (χ1v) is 8.74. The SMILES string of the molecule is C[C@@H]1CCc2cc(F)cc3c(O)c(C(=O)NCc4cccnc4)c(=O)n1c23. The molecule has 3 aromatic rings. The van der Waals surface area contributed by atoms with Crippen LogP contribution in [0.25, 0.3) is 10.9 Å². The summed E-state index contributed by atoms with van der Waals surface area (Å²) in [4.78, 5) is 29.6. The zero-order valence-corrected chi connectivity index (χ0v) is 14.7. The van der Waals surface area contributed by atoms with E-state index >= 15 is 0 Å². The van der Waals surface area contributed by atoms with E-state index in [-0.39, 0.29) is 23.5 Å². The molecule has 1 aliphatic heterocycles. The van der Waals surface area contributed by atoms with Crippen LogP contribution in [0, 0.1) is 5.82 Å². The summed E-state index contributed by atoms with van der Waals surface area (Å²) in [6, 6.07) is 5.92. The first-order chi connectivity index (χ1) is 13.0. The maximum absolute atomic E-state index is 14.0. The van der Waals surface area contributed by atoms with Crippen LogP contribution in [0.1, 0.15) is 40.9 Å². The van der Waals surface area contributed by atoms with Crippen molar-refractivity contribution < 1.29 is 14.3 Å². The normalized spacial score (nSPS) is 15.7. The molecule has 0 saturated heterocycles. The van der Waals surface area contributed by atoms with Gasteiger partial charge in [-0.25, -0.2) is 4.39 Å². The lowest BCUT2D eigenvalue weighted by atomic mass is 9.95. The zero-order chi connectivity index (χ0) is 19.1. The quantitative estimate of drug-likeness (QED) is 0.745. The van der Waals surface area contributed by atoms with Crippen molar-refractivity contribution in [1.29, 1.82) is 0 Å². The van der Waals surface area contributed by atoms with E-state index in [1.165, 1.54) is 16.7 Å². The van der Waals surface area contributed by atoms with Crippen LogP contribution in [0.3, 0.4) is 0 Å². The number of aryl methyl sites for hydroxylation is 1. The van der Waals surface area contributed by atoms with E-state index in [0.717, 1.165) is 5.56 Å². The van der Waals surface area contributed by atoms with Gasteiger partial charge in [-0.2, -0.15) is 0 Å². The number of nitrogens with zero attached hydrogens (tertiary/aromatic N) is 2. The van der Waals surface area contributed by atoms with Crippen LogP contribution in [0.5, 0.6) is 5.75 Å². The van der Waals surface area contributed by atoms with Crippen LogP contribution in [-0.2, 0) is 13.0 Å². The first-order valence-electron chi connectivity index (χ1n) is 8.74. The Balaban J connectivity index is 1.84. The summed E-state index contributed by atoms with van der Waals surface area (Å²) in [6.07, 6.45) is 4.49. The van der Waals surface area contributed by atoms with Gasteiger partial charge in [0.1, 0.15) is 17.1 Å². The number of halogens is 1. The maximum atomic E-state index is 14.0. The van der Waals surface area contributed by atoms with Crippen molar-refractivity contribution in [3.05, 3.63) is 69.5 Å². The molecule has 0 unspecified atom stereocenters. The van der Waals surface area contributed by atoms with Gasteiger partial charge in [-0.15, -0.1) is 0 Å². The van der Waals surface area contributed by atoms with E-state index in [0.29, 0.717) is 23.9 Å². The molecule has 7 heteroatoms. The predicted molar refractivity (Wildman–Crippen MR) is 98.3 cm³/mol. The summed E-state index contributed by atoms with van der Waals surface area (Å²) < 4.78 is 15.5. The molecule has 0 bridgehead atoms. The number of amides is 1. The maximum Gasteiger partial charge on any atom is 0.267 e. The van der Waals surface area contributed by atoms with Crippen molar-refractivity contribution in [3.63, 3.8) is 0 Å². The van der Waals surface area contributed by atoms with Gasteiger partial charge >= 0.3 is 0 Å². The number of rotatable bonds is 3. The Morgan fingerprint density at radius 3 is 3.00 bits per heavy atom. The van der Waals surface area contributed by atoms with Gasteiger partial charge in [-0.05, 0) is 49.1 Å². The minimum Gasteiger partial charge on any atom is -0.506 e. The van der Waals surface area contributed by atoms with Crippen LogP contribution in [0.15, 0.2) is 41.5 Å². The molecule has 1 atom stereocenters. The average molecular weight is 367 g/mol. The number of aromatic hydroxyl groups is 1. The van der Waals surface area contributed by atoms with Gasteiger partial charge in [0.15, 0.2) is 0 Å². The molecule has 0 saturated carbocycles. The van der Waals surface area contributed by atoms with Crippen molar-refractivity contribution in [2.75, 3.05) is 0 Å². The molecule has 2 N–H and O–H groups in total. The Morgan fingerprint density at radius 1 is 1.44 bits per heavy atom. The molecule has 0 fully saturated rings. The van der Waals surface area contributed by atoms with E-state index in [1.807, 2.05) is 6.92 Å². The number of nitrogens with one attached hydrogen (secondary N) is 1. The highest BCUT2D eigenvalue weighted by Gasteiger charge is 2.28. The molecule has 0 aliphatic carbocycles. The Hall–Kier alpha value is -3.22. The number of hydrogen-bond donors (Lipinski definition) is 2. The van der Waals surface area contributed by atoms with Gasteiger partial charge in [0.05, 0.1) is 5.52 Å². The third-order valence-electron chi connectivity index (χ3n) is 4.99. The highest BCUT2D eigenvalue weighted by atomic mass is 19.1. The van der Waals surface area contributed by atoms with E-state index < -0.39 is 23.0 Å². The first kappa shape index (κ1) is 17.2. The molecule has 1 aromatic carbocycles. The monoisotopic (exact) mass is 367 g/mol. The summed E-state index contributed by atoms with van der Waals surface area (Å²) in [7, 11) is 0. The van der Waals surface area contributed by atoms with E-state index in [9.17, 15) is 19.1 Å². The largest absolute Gasteiger partial charge is 0.506 e. The van der Waals surface area contributed by atoms with Crippen LogP contribution in [0.2, 0.25) is 0 Å². The Morgan fingerprint density at radius 2 is 2.26 bits per heavy atom. The Kier molecular flexibility index (Phi) is 4.14. The predicted octanol–water partition coefficient (Wildman–Crippen LogP) is 2.68. The van der Waals surface area contributed by atoms with Gasteiger partial charge in [0.25, 0.3) is 11.5 Å². The molecule has 6 nitrogen and oxygen atoms in total. The molecule has 0 radical (unpaired) electrons. The smallest absolute Gasteiger partial charge is 0.267 e. The molecule has 0 spiro atoms. The summed E-state index contributed by atoms with van der Waals surface area (Å²) >= 11 is 0. The molecular weight excluding hydrogens is 349 g/mol. The van der Waals surface area contributed by atoms with E-state index in [1.54, 1.807) is 24.5 Å². The van der Waals surface area contributed by atoms with Gasteiger partial charge in [-0.1, -0.05) is 6.07 Å². The van der Waals surface area contributed by atoms with Gasteiger partial charge in [0, 0.05) is 30.4 Å². The summed E-state index contributed by atoms with van der Waals surface area (Å²) in [6.45, 7) is 2.04. The van der Waals surface area contributed by atoms with Crippen LogP contribution < -0.4 is 10.9 Å². The Bertz CT molecular complexity index is 1110. The molecule has 1 aliphatic rings.